The van der Waals surface area contributed by atoms with Gasteiger partial charge in [-0.3, -0.25) is 4.79 Å². The largest absolute Gasteiger partial charge is 0.320 e. The zero-order valence-corrected chi connectivity index (χ0v) is 11.5. The molecule has 0 bridgehead atoms. The predicted molar refractivity (Wildman–Crippen MR) is 71.4 cm³/mol. The van der Waals surface area contributed by atoms with Crippen LogP contribution in [-0.4, -0.2) is 21.1 Å². The van der Waals surface area contributed by atoms with Crippen molar-refractivity contribution in [2.24, 2.45) is 0 Å². The zero-order chi connectivity index (χ0) is 13.1. The number of carbonyl (C=O) groups is 1. The molecule has 5 nitrogen and oxygen atoms in total. The molecule has 2 heterocycles. The van der Waals surface area contributed by atoms with Crippen molar-refractivity contribution in [3.8, 4) is 0 Å². The summed E-state index contributed by atoms with van der Waals surface area (Å²) in [5.74, 6) is -0.223. The highest BCUT2D eigenvalue weighted by molar-refractivity contribution is 9.10. The maximum atomic E-state index is 12.1. The van der Waals surface area contributed by atoms with Crippen LogP contribution >= 0.6 is 15.9 Å². The Morgan fingerprint density at radius 1 is 1.33 bits per heavy atom. The Morgan fingerprint density at radius 3 is 2.83 bits per heavy atom. The maximum absolute atomic E-state index is 12.1. The normalized spacial score (nSPS) is 10.2. The van der Waals surface area contributed by atoms with E-state index in [1.807, 2.05) is 0 Å². The molecular weight excluding hydrogens is 296 g/mol. The Morgan fingerprint density at radius 2 is 2.11 bits per heavy atom. The first-order chi connectivity index (χ1) is 8.58. The average molecular weight is 307 g/mol. The number of aromatic nitrogens is 3. The lowest BCUT2D eigenvalue weighted by molar-refractivity contribution is 0.102. The van der Waals surface area contributed by atoms with Crippen molar-refractivity contribution in [2.45, 2.75) is 13.8 Å². The van der Waals surface area contributed by atoms with Crippen LogP contribution in [0, 0.1) is 13.8 Å². The third-order valence-corrected chi connectivity index (χ3v) is 2.98. The molecule has 92 valence electrons. The van der Waals surface area contributed by atoms with E-state index < -0.39 is 0 Å². The second kappa shape index (κ2) is 5.22. The molecule has 0 saturated heterocycles. The highest BCUT2D eigenvalue weighted by atomic mass is 79.9. The summed E-state index contributed by atoms with van der Waals surface area (Å²) in [5, 5.41) is 10.6. The van der Waals surface area contributed by atoms with Crippen LogP contribution in [-0.2, 0) is 0 Å². The van der Waals surface area contributed by atoms with E-state index in [9.17, 15) is 4.79 Å². The lowest BCUT2D eigenvalue weighted by Crippen LogP contribution is -2.15. The second-order valence-electron chi connectivity index (χ2n) is 3.78. The van der Waals surface area contributed by atoms with Crippen LogP contribution in [0.5, 0.6) is 0 Å². The fourth-order valence-electron chi connectivity index (χ4n) is 1.45. The molecule has 0 spiro atoms. The molecule has 0 fully saturated rings. The van der Waals surface area contributed by atoms with Gasteiger partial charge in [-0.1, -0.05) is 0 Å². The van der Waals surface area contributed by atoms with E-state index in [-0.39, 0.29) is 5.91 Å². The van der Waals surface area contributed by atoms with Crippen LogP contribution in [0.3, 0.4) is 0 Å². The molecule has 1 amide bonds. The number of rotatable bonds is 2. The van der Waals surface area contributed by atoms with Crippen LogP contribution in [0.25, 0.3) is 0 Å². The van der Waals surface area contributed by atoms with Crippen LogP contribution in [0.2, 0.25) is 0 Å². The number of pyridine rings is 1. The first-order valence-electron chi connectivity index (χ1n) is 5.30. The molecule has 1 N–H and O–H groups in total. The van der Waals surface area contributed by atoms with E-state index in [1.54, 1.807) is 38.2 Å². The molecule has 0 saturated carbocycles. The molecule has 0 radical (unpaired) electrons. The van der Waals surface area contributed by atoms with Gasteiger partial charge in [0.1, 0.15) is 4.60 Å². The van der Waals surface area contributed by atoms with Crippen LogP contribution in [0.15, 0.2) is 29.0 Å². The summed E-state index contributed by atoms with van der Waals surface area (Å²) in [6, 6.07) is 5.23. The van der Waals surface area contributed by atoms with E-state index >= 15 is 0 Å². The van der Waals surface area contributed by atoms with Gasteiger partial charge >= 0.3 is 0 Å². The molecule has 0 aliphatic rings. The van der Waals surface area contributed by atoms with E-state index in [1.165, 1.54) is 0 Å². The van der Waals surface area contributed by atoms with Crippen molar-refractivity contribution in [1.82, 2.24) is 15.2 Å². The van der Waals surface area contributed by atoms with E-state index in [2.05, 4.69) is 36.4 Å². The van der Waals surface area contributed by atoms with Crippen LogP contribution in [0.4, 0.5) is 5.69 Å². The SMILES string of the molecule is Cc1cc(C(=O)Nc2cccnc2Br)c(C)nn1. The topological polar surface area (TPSA) is 67.8 Å². The minimum absolute atomic E-state index is 0.223. The molecule has 2 aromatic rings. The standard InChI is InChI=1S/C12H11BrN4O/c1-7-6-9(8(2)17-16-7)12(18)15-10-4-3-5-14-11(10)13/h3-6H,1-2H3,(H,15,18). The molecular formula is C12H11BrN4O. The fraction of sp³-hybridized carbons (Fsp3) is 0.167. The number of hydrogen-bond donors (Lipinski definition) is 1. The summed E-state index contributed by atoms with van der Waals surface area (Å²) in [6.07, 6.45) is 1.64. The Labute approximate surface area is 113 Å². The summed E-state index contributed by atoms with van der Waals surface area (Å²) in [5.41, 5.74) is 2.43. The van der Waals surface area contributed by atoms with Gasteiger partial charge in [-0.05, 0) is 48.0 Å². The number of aryl methyl sites for hydroxylation is 2. The van der Waals surface area contributed by atoms with Gasteiger partial charge in [0.15, 0.2) is 0 Å². The Balaban J connectivity index is 2.28. The second-order valence-corrected chi connectivity index (χ2v) is 4.53. The van der Waals surface area contributed by atoms with Gasteiger partial charge < -0.3 is 5.32 Å². The summed E-state index contributed by atoms with van der Waals surface area (Å²) < 4.78 is 0.592. The number of amides is 1. The van der Waals surface area contributed by atoms with Crippen molar-refractivity contribution in [3.05, 3.63) is 46.0 Å². The Bertz CT molecular complexity index is 600. The molecule has 0 aliphatic carbocycles. The molecule has 0 aromatic carbocycles. The van der Waals surface area contributed by atoms with Gasteiger partial charge in [0.25, 0.3) is 5.91 Å². The summed E-state index contributed by atoms with van der Waals surface area (Å²) >= 11 is 3.28. The molecule has 18 heavy (non-hydrogen) atoms. The third kappa shape index (κ3) is 2.70. The van der Waals surface area contributed by atoms with Crippen molar-refractivity contribution in [2.75, 3.05) is 5.32 Å². The van der Waals surface area contributed by atoms with Crippen molar-refractivity contribution >= 4 is 27.5 Å². The van der Waals surface area contributed by atoms with Gasteiger partial charge in [-0.2, -0.15) is 10.2 Å². The van der Waals surface area contributed by atoms with E-state index in [0.717, 1.165) is 0 Å². The van der Waals surface area contributed by atoms with E-state index in [0.29, 0.717) is 27.2 Å². The fourth-order valence-corrected chi connectivity index (χ4v) is 1.80. The maximum Gasteiger partial charge on any atom is 0.257 e. The highest BCUT2D eigenvalue weighted by Crippen LogP contribution is 2.19. The summed E-state index contributed by atoms with van der Waals surface area (Å²) in [7, 11) is 0. The molecule has 2 rings (SSSR count). The van der Waals surface area contributed by atoms with Crippen molar-refractivity contribution < 1.29 is 4.79 Å². The van der Waals surface area contributed by atoms with E-state index in [4.69, 9.17) is 0 Å². The lowest BCUT2D eigenvalue weighted by Gasteiger charge is -2.08. The smallest absolute Gasteiger partial charge is 0.257 e. The summed E-state index contributed by atoms with van der Waals surface area (Å²) in [4.78, 5) is 16.2. The third-order valence-electron chi connectivity index (χ3n) is 2.35. The van der Waals surface area contributed by atoms with Crippen LogP contribution < -0.4 is 5.32 Å². The monoisotopic (exact) mass is 306 g/mol. The first-order valence-corrected chi connectivity index (χ1v) is 6.10. The van der Waals surface area contributed by atoms with Gasteiger partial charge in [0.05, 0.1) is 22.6 Å². The molecule has 0 unspecified atom stereocenters. The van der Waals surface area contributed by atoms with Crippen molar-refractivity contribution in [1.29, 1.82) is 0 Å². The lowest BCUT2D eigenvalue weighted by atomic mass is 10.2. The molecule has 0 atom stereocenters. The average Bonchev–Trinajstić information content (AvgIpc) is 2.35. The number of halogens is 1. The quantitative estimate of drug-likeness (QED) is 0.866. The minimum atomic E-state index is -0.223. The summed E-state index contributed by atoms with van der Waals surface area (Å²) in [6.45, 7) is 3.54. The van der Waals surface area contributed by atoms with Gasteiger partial charge in [0, 0.05) is 6.20 Å². The molecule has 2 aromatic heterocycles. The minimum Gasteiger partial charge on any atom is -0.320 e. The van der Waals surface area contributed by atoms with Gasteiger partial charge in [-0.25, -0.2) is 4.98 Å². The molecule has 6 heteroatoms. The number of carbonyl (C=O) groups excluding carboxylic acids is 1. The van der Waals surface area contributed by atoms with Gasteiger partial charge in [0.2, 0.25) is 0 Å². The highest BCUT2D eigenvalue weighted by Gasteiger charge is 2.12. The predicted octanol–water partition coefficient (Wildman–Crippen LogP) is 2.50. The number of nitrogens with zero attached hydrogens (tertiary/aromatic N) is 3. The first kappa shape index (κ1) is 12.6. The van der Waals surface area contributed by atoms with Gasteiger partial charge in [-0.15, -0.1) is 0 Å². The number of hydrogen-bond acceptors (Lipinski definition) is 4. The Hall–Kier alpha value is -1.82. The van der Waals surface area contributed by atoms with Crippen molar-refractivity contribution in [3.63, 3.8) is 0 Å². The zero-order valence-electron chi connectivity index (χ0n) is 9.94. The van der Waals surface area contributed by atoms with Crippen LogP contribution in [0.1, 0.15) is 21.7 Å². The molecule has 0 aliphatic heterocycles. The Kier molecular flexibility index (Phi) is 3.66. The number of nitrogens with one attached hydrogen (secondary N) is 1. The number of anilines is 1.